The summed E-state index contributed by atoms with van der Waals surface area (Å²) >= 11 is 0. The lowest BCUT2D eigenvalue weighted by atomic mass is 10.1. The molecule has 0 aliphatic carbocycles. The maximum atomic E-state index is 11.5. The average Bonchev–Trinajstić information content (AvgIpc) is 2.93. The topological polar surface area (TPSA) is 47.6 Å². The second-order valence-corrected chi connectivity index (χ2v) is 4.85. The Morgan fingerprint density at radius 3 is 2.95 bits per heavy atom. The number of nitrogens with one attached hydrogen (secondary N) is 1. The Morgan fingerprint density at radius 2 is 2.21 bits per heavy atom. The van der Waals surface area contributed by atoms with Crippen molar-refractivity contribution in [1.82, 2.24) is 5.32 Å². The van der Waals surface area contributed by atoms with Crippen LogP contribution in [0.5, 0.6) is 0 Å². The zero-order valence-corrected chi connectivity index (χ0v) is 11.1. The van der Waals surface area contributed by atoms with Gasteiger partial charge in [0.25, 0.3) is 0 Å². The van der Waals surface area contributed by atoms with Crippen molar-refractivity contribution in [3.63, 3.8) is 0 Å². The number of rotatable bonds is 7. The number of benzene rings is 1. The van der Waals surface area contributed by atoms with Crippen LogP contribution >= 0.6 is 0 Å². The van der Waals surface area contributed by atoms with Crippen molar-refractivity contribution in [2.24, 2.45) is 5.92 Å². The molecule has 0 spiro atoms. The van der Waals surface area contributed by atoms with Gasteiger partial charge in [0.1, 0.15) is 6.61 Å². The molecule has 1 saturated heterocycles. The molecule has 1 aliphatic rings. The van der Waals surface area contributed by atoms with E-state index in [4.69, 9.17) is 9.47 Å². The summed E-state index contributed by atoms with van der Waals surface area (Å²) in [6, 6.07) is 9.85. The van der Waals surface area contributed by atoms with Gasteiger partial charge in [-0.25, -0.2) is 0 Å². The van der Waals surface area contributed by atoms with Crippen LogP contribution in [0.25, 0.3) is 0 Å². The molecule has 1 aliphatic heterocycles. The quantitative estimate of drug-likeness (QED) is 0.815. The Kier molecular flexibility index (Phi) is 5.85. The van der Waals surface area contributed by atoms with E-state index in [2.05, 4.69) is 5.32 Å². The van der Waals surface area contributed by atoms with Crippen LogP contribution in [0.4, 0.5) is 0 Å². The molecule has 1 N–H and O–H groups in total. The Bertz CT molecular complexity index is 374. The molecule has 4 nitrogen and oxygen atoms in total. The first kappa shape index (κ1) is 14.0. The molecule has 19 heavy (non-hydrogen) atoms. The van der Waals surface area contributed by atoms with Crippen LogP contribution < -0.4 is 5.32 Å². The van der Waals surface area contributed by atoms with Crippen LogP contribution in [0.15, 0.2) is 30.3 Å². The highest BCUT2D eigenvalue weighted by Gasteiger charge is 2.15. The van der Waals surface area contributed by atoms with Crippen molar-refractivity contribution in [1.29, 1.82) is 0 Å². The Labute approximate surface area is 114 Å². The lowest BCUT2D eigenvalue weighted by Gasteiger charge is -2.09. The highest BCUT2D eigenvalue weighted by Crippen LogP contribution is 2.15. The van der Waals surface area contributed by atoms with Crippen LogP contribution in [0.2, 0.25) is 0 Å². The van der Waals surface area contributed by atoms with Gasteiger partial charge in [0.2, 0.25) is 5.91 Å². The monoisotopic (exact) mass is 263 g/mol. The van der Waals surface area contributed by atoms with E-state index in [0.717, 1.165) is 31.6 Å². The van der Waals surface area contributed by atoms with E-state index < -0.39 is 0 Å². The third-order valence-corrected chi connectivity index (χ3v) is 3.24. The number of carbonyl (C=O) groups is 1. The number of carbonyl (C=O) groups excluding carboxylic acids is 1. The van der Waals surface area contributed by atoms with Crippen molar-refractivity contribution in [3.8, 4) is 0 Å². The molecule has 104 valence electrons. The number of amides is 1. The van der Waals surface area contributed by atoms with Gasteiger partial charge in [-0.1, -0.05) is 30.3 Å². The average molecular weight is 263 g/mol. The van der Waals surface area contributed by atoms with Crippen molar-refractivity contribution < 1.29 is 14.3 Å². The molecular weight excluding hydrogens is 242 g/mol. The lowest BCUT2D eigenvalue weighted by molar-refractivity contribution is -0.126. The normalized spacial score (nSPS) is 18.4. The van der Waals surface area contributed by atoms with Crippen molar-refractivity contribution in [3.05, 3.63) is 35.9 Å². The third-order valence-electron chi connectivity index (χ3n) is 3.24. The molecule has 1 heterocycles. The van der Waals surface area contributed by atoms with Gasteiger partial charge in [0.15, 0.2) is 0 Å². The molecule has 1 aromatic rings. The number of hydrogen-bond acceptors (Lipinski definition) is 3. The fourth-order valence-corrected chi connectivity index (χ4v) is 2.11. The van der Waals surface area contributed by atoms with Gasteiger partial charge in [0, 0.05) is 19.8 Å². The molecule has 2 rings (SSSR count). The molecule has 0 radical (unpaired) electrons. The van der Waals surface area contributed by atoms with E-state index in [1.54, 1.807) is 0 Å². The zero-order chi connectivity index (χ0) is 13.3. The molecular formula is C15H21NO3. The van der Waals surface area contributed by atoms with Crippen LogP contribution in [0, 0.1) is 5.92 Å². The highest BCUT2D eigenvalue weighted by atomic mass is 16.5. The molecule has 0 aromatic heterocycles. The van der Waals surface area contributed by atoms with Crippen molar-refractivity contribution >= 4 is 5.91 Å². The summed E-state index contributed by atoms with van der Waals surface area (Å²) in [6.07, 6.45) is 2.10. The van der Waals surface area contributed by atoms with Gasteiger partial charge in [-0.15, -0.1) is 0 Å². The summed E-state index contributed by atoms with van der Waals surface area (Å²) in [5, 5.41) is 2.88. The molecule has 0 saturated carbocycles. The molecule has 0 bridgehead atoms. The predicted molar refractivity (Wildman–Crippen MR) is 72.7 cm³/mol. The second-order valence-electron chi connectivity index (χ2n) is 4.85. The van der Waals surface area contributed by atoms with Crippen LogP contribution in [0.3, 0.4) is 0 Å². The maximum Gasteiger partial charge on any atom is 0.246 e. The summed E-state index contributed by atoms with van der Waals surface area (Å²) in [7, 11) is 0. The van der Waals surface area contributed by atoms with E-state index in [1.807, 2.05) is 30.3 Å². The van der Waals surface area contributed by atoms with Crippen molar-refractivity contribution in [2.75, 3.05) is 26.4 Å². The van der Waals surface area contributed by atoms with Crippen molar-refractivity contribution in [2.45, 2.75) is 19.4 Å². The second kappa shape index (κ2) is 7.92. The number of ether oxygens (including phenoxy) is 2. The molecule has 1 aromatic carbocycles. The fraction of sp³-hybridized carbons (Fsp3) is 0.533. The smallest absolute Gasteiger partial charge is 0.246 e. The van der Waals surface area contributed by atoms with Gasteiger partial charge in [-0.05, 0) is 24.3 Å². The SMILES string of the molecule is O=C(COCc1ccccc1)NCC[C@H]1CCOC1. The first-order chi connectivity index (χ1) is 9.34. The Hall–Kier alpha value is -1.39. The summed E-state index contributed by atoms with van der Waals surface area (Å²) in [5.74, 6) is 0.556. The predicted octanol–water partition coefficient (Wildman–Crippen LogP) is 1.75. The molecule has 1 atom stereocenters. The van der Waals surface area contributed by atoms with Gasteiger partial charge >= 0.3 is 0 Å². The summed E-state index contributed by atoms with van der Waals surface area (Å²) in [4.78, 5) is 11.5. The van der Waals surface area contributed by atoms with E-state index >= 15 is 0 Å². The first-order valence-electron chi connectivity index (χ1n) is 6.80. The van der Waals surface area contributed by atoms with E-state index in [0.29, 0.717) is 19.1 Å². The third kappa shape index (κ3) is 5.41. The van der Waals surface area contributed by atoms with Gasteiger partial charge in [0.05, 0.1) is 6.61 Å². The summed E-state index contributed by atoms with van der Waals surface area (Å²) < 4.78 is 10.7. The fourth-order valence-electron chi connectivity index (χ4n) is 2.11. The van der Waals surface area contributed by atoms with Crippen LogP contribution in [0.1, 0.15) is 18.4 Å². The Balaban J connectivity index is 1.52. The molecule has 4 heteroatoms. The standard InChI is InChI=1S/C15H21NO3/c17-15(16-8-6-14-7-9-18-10-14)12-19-11-13-4-2-1-3-5-13/h1-5,14H,6-12H2,(H,16,17)/t14-/m0/s1. The van der Waals surface area contributed by atoms with Gasteiger partial charge in [-0.3, -0.25) is 4.79 Å². The van der Waals surface area contributed by atoms with E-state index in [1.165, 1.54) is 0 Å². The van der Waals surface area contributed by atoms with Gasteiger partial charge < -0.3 is 14.8 Å². The largest absolute Gasteiger partial charge is 0.381 e. The molecule has 1 fully saturated rings. The van der Waals surface area contributed by atoms with Crippen LogP contribution in [-0.2, 0) is 20.9 Å². The minimum absolute atomic E-state index is 0.0464. The van der Waals surface area contributed by atoms with E-state index in [-0.39, 0.29) is 12.5 Å². The van der Waals surface area contributed by atoms with Crippen LogP contribution in [-0.4, -0.2) is 32.3 Å². The highest BCUT2D eigenvalue weighted by molar-refractivity contribution is 5.77. The summed E-state index contributed by atoms with van der Waals surface area (Å²) in [5.41, 5.74) is 1.08. The minimum atomic E-state index is -0.0464. The van der Waals surface area contributed by atoms with E-state index in [9.17, 15) is 4.79 Å². The maximum absolute atomic E-state index is 11.5. The summed E-state index contributed by atoms with van der Waals surface area (Å²) in [6.45, 7) is 3.00. The zero-order valence-electron chi connectivity index (χ0n) is 11.1. The first-order valence-corrected chi connectivity index (χ1v) is 6.80. The van der Waals surface area contributed by atoms with Gasteiger partial charge in [-0.2, -0.15) is 0 Å². The lowest BCUT2D eigenvalue weighted by Crippen LogP contribution is -2.29. The molecule has 0 unspecified atom stereocenters. The number of hydrogen-bond donors (Lipinski definition) is 1. The molecule has 1 amide bonds. The minimum Gasteiger partial charge on any atom is -0.381 e. The Morgan fingerprint density at radius 1 is 1.37 bits per heavy atom.